The first-order chi connectivity index (χ1) is 6.29. The van der Waals surface area contributed by atoms with Crippen LogP contribution in [0, 0.1) is 23.0 Å². The summed E-state index contributed by atoms with van der Waals surface area (Å²) in [6.07, 6.45) is -3.67. The molecule has 0 amide bonds. The molecular formula is C4Ca3N2O8. The van der Waals surface area contributed by atoms with Crippen LogP contribution >= 0.6 is 0 Å². The Morgan fingerprint density at radius 2 is 0.706 bits per heavy atom. The number of carboxylic acid groups (broad SMARTS) is 4. The molecular weight excluding hydrogens is 324 g/mol. The Morgan fingerprint density at radius 1 is 0.706 bits per heavy atom. The minimum Gasteiger partial charge on any atom is -0.812 e. The van der Waals surface area contributed by atoms with Crippen molar-refractivity contribution in [3.63, 3.8) is 0 Å². The zero-order valence-corrected chi connectivity index (χ0v) is 14.9. The predicted molar refractivity (Wildman–Crippen MR) is 39.3 cm³/mol. The van der Waals surface area contributed by atoms with E-state index in [1.807, 2.05) is 0 Å². The van der Waals surface area contributed by atoms with Crippen molar-refractivity contribution >= 4 is 126 Å². The topological polar surface area (TPSA) is 220 Å². The van der Waals surface area contributed by atoms with Gasteiger partial charge in [-0.2, -0.15) is 0 Å². The largest absolute Gasteiger partial charge is 2.00 e. The van der Waals surface area contributed by atoms with Gasteiger partial charge in [0.25, 0.3) is 0 Å². The monoisotopic (exact) mass is 324 g/mol. The van der Waals surface area contributed by atoms with Crippen LogP contribution in [0.5, 0.6) is 0 Å². The van der Waals surface area contributed by atoms with Gasteiger partial charge in [0, 0.05) is 12.5 Å². The SMILES string of the molecule is N#C[O-].N#C[O-].O=C([O-])[O-].O=C([O-])[O-].[Ca+2].[Ca+2].[Ca+2]. The van der Waals surface area contributed by atoms with Gasteiger partial charge in [0.1, 0.15) is 0 Å². The van der Waals surface area contributed by atoms with Crippen LogP contribution in [0.15, 0.2) is 0 Å². The summed E-state index contributed by atoms with van der Waals surface area (Å²) in [6.45, 7) is 0. The maximum Gasteiger partial charge on any atom is 2.00 e. The standard InChI is InChI=1S/2CHNO.2CH2O3.3Ca/c2*2-1-3;2*2-1(3)4;;;/h2*3H;2*(H2,2,3,4);;;/q;;;;3*+2/p-6. The second-order valence-electron chi connectivity index (χ2n) is 0.683. The molecule has 13 heteroatoms. The fraction of sp³-hybridized carbons (Fsp3) is 0. The molecule has 0 saturated heterocycles. The summed E-state index contributed by atoms with van der Waals surface area (Å²) in [5.74, 6) is 0. The first kappa shape index (κ1) is 43.0. The molecule has 0 saturated carbocycles. The Bertz CT molecular complexity index is 192. The van der Waals surface area contributed by atoms with Gasteiger partial charge in [-0.1, -0.05) is 0 Å². The van der Waals surface area contributed by atoms with E-state index in [0.29, 0.717) is 12.5 Å². The molecule has 0 N–H and O–H groups in total. The Balaban J connectivity index is -0.0000000149. The normalized spacial score (nSPS) is 3.65. The third-order valence-corrected chi connectivity index (χ3v) is 0. The van der Waals surface area contributed by atoms with E-state index < -0.39 is 12.3 Å². The molecule has 0 aliphatic heterocycles. The molecule has 0 bridgehead atoms. The van der Waals surface area contributed by atoms with Gasteiger partial charge in [-0.3, -0.25) is 0 Å². The molecule has 0 fully saturated rings. The fourth-order valence-corrected chi connectivity index (χ4v) is 0. The Labute approximate surface area is 185 Å². The first-order valence-corrected chi connectivity index (χ1v) is 2.08. The van der Waals surface area contributed by atoms with Crippen LogP contribution in [0.2, 0.25) is 0 Å². The van der Waals surface area contributed by atoms with Crippen molar-refractivity contribution in [2.75, 3.05) is 0 Å². The molecule has 0 aromatic carbocycles. The average molecular weight is 324 g/mol. The van der Waals surface area contributed by atoms with E-state index in [1.54, 1.807) is 0 Å². The number of nitrogens with zero attached hydrogens (tertiary/aromatic N) is 2. The number of hydrogen-bond acceptors (Lipinski definition) is 10. The third-order valence-electron chi connectivity index (χ3n) is 0. The van der Waals surface area contributed by atoms with E-state index in [4.69, 9.17) is 50.8 Å². The summed E-state index contributed by atoms with van der Waals surface area (Å²) in [5, 5.41) is 63.3. The summed E-state index contributed by atoms with van der Waals surface area (Å²) in [7, 11) is 0. The summed E-state index contributed by atoms with van der Waals surface area (Å²) in [5.41, 5.74) is 0. The molecule has 0 rings (SSSR count). The fourth-order valence-electron chi connectivity index (χ4n) is 0. The van der Waals surface area contributed by atoms with E-state index >= 15 is 0 Å². The maximum atomic E-state index is 8.33. The first-order valence-electron chi connectivity index (χ1n) is 2.08. The van der Waals surface area contributed by atoms with Crippen molar-refractivity contribution in [1.82, 2.24) is 0 Å². The number of hydrogen-bond donors (Lipinski definition) is 0. The van der Waals surface area contributed by atoms with Gasteiger partial charge >= 0.3 is 113 Å². The van der Waals surface area contributed by atoms with Crippen molar-refractivity contribution in [3.05, 3.63) is 0 Å². The number of carbonyl (C=O) groups is 2. The van der Waals surface area contributed by atoms with E-state index in [0.717, 1.165) is 0 Å². The van der Waals surface area contributed by atoms with Crippen molar-refractivity contribution in [3.8, 4) is 12.5 Å². The minimum absolute atomic E-state index is 0. The second kappa shape index (κ2) is 53.9. The van der Waals surface area contributed by atoms with Gasteiger partial charge in [-0.25, -0.2) is 10.5 Å². The number of nitriles is 2. The maximum absolute atomic E-state index is 8.33. The van der Waals surface area contributed by atoms with Crippen LogP contribution in [0.4, 0.5) is 9.59 Å². The van der Waals surface area contributed by atoms with E-state index in [9.17, 15) is 0 Å². The van der Waals surface area contributed by atoms with Gasteiger partial charge in [0.2, 0.25) is 0 Å². The van der Waals surface area contributed by atoms with Gasteiger partial charge in [0.05, 0.1) is 0 Å². The average Bonchev–Trinajstić information content (AvgIpc) is 1.85. The van der Waals surface area contributed by atoms with Crippen LogP contribution in [0.25, 0.3) is 0 Å². The molecule has 0 spiro atoms. The van der Waals surface area contributed by atoms with Crippen LogP contribution < -0.4 is 30.6 Å². The van der Waals surface area contributed by atoms with Gasteiger partial charge in [-0.05, 0) is 12.3 Å². The van der Waals surface area contributed by atoms with Gasteiger partial charge in [0.15, 0.2) is 0 Å². The van der Waals surface area contributed by atoms with Gasteiger partial charge < -0.3 is 40.2 Å². The number of rotatable bonds is 0. The summed E-state index contributed by atoms with van der Waals surface area (Å²) in [6, 6.07) is 0. The predicted octanol–water partition coefficient (Wildman–Crippen LogP) is -8.38. The quantitative estimate of drug-likeness (QED) is 0.302. The Kier molecular flexibility index (Phi) is 137. The Hall–Kier alpha value is 0.899. The van der Waals surface area contributed by atoms with Crippen molar-refractivity contribution in [2.24, 2.45) is 0 Å². The van der Waals surface area contributed by atoms with Crippen molar-refractivity contribution < 1.29 is 40.2 Å². The number of carbonyl (C=O) groups excluding carboxylic acids is 2. The van der Waals surface area contributed by atoms with Crippen LogP contribution in [0.3, 0.4) is 0 Å². The molecule has 0 radical (unpaired) electrons. The summed E-state index contributed by atoms with van der Waals surface area (Å²) in [4.78, 5) is 16.7. The molecule has 0 aromatic heterocycles. The van der Waals surface area contributed by atoms with Crippen LogP contribution in [-0.2, 0) is 0 Å². The smallest absolute Gasteiger partial charge is 0.812 e. The zero-order valence-electron chi connectivity index (χ0n) is 8.28. The van der Waals surface area contributed by atoms with E-state index in [1.165, 1.54) is 0 Å². The van der Waals surface area contributed by atoms with Gasteiger partial charge in [-0.15, -0.1) is 0 Å². The van der Waals surface area contributed by atoms with Crippen molar-refractivity contribution in [2.45, 2.75) is 0 Å². The summed E-state index contributed by atoms with van der Waals surface area (Å²) >= 11 is 0. The van der Waals surface area contributed by atoms with Crippen molar-refractivity contribution in [1.29, 1.82) is 10.5 Å². The van der Waals surface area contributed by atoms with E-state index in [2.05, 4.69) is 0 Å². The Morgan fingerprint density at radius 3 is 0.706 bits per heavy atom. The molecule has 80 valence electrons. The molecule has 0 atom stereocenters. The molecule has 17 heavy (non-hydrogen) atoms. The third kappa shape index (κ3) is 4640. The second-order valence-corrected chi connectivity index (χ2v) is 0.683. The molecule has 0 aliphatic carbocycles. The van der Waals surface area contributed by atoms with E-state index in [-0.39, 0.29) is 113 Å². The zero-order chi connectivity index (χ0) is 12.6. The molecule has 0 heterocycles. The molecule has 0 aliphatic rings. The summed E-state index contributed by atoms with van der Waals surface area (Å²) < 4.78 is 0. The molecule has 0 aromatic rings. The molecule has 0 unspecified atom stereocenters. The van der Waals surface area contributed by atoms with Crippen LogP contribution in [-0.4, -0.2) is 126 Å². The minimum atomic E-state index is -2.33. The molecule has 10 nitrogen and oxygen atoms in total. The van der Waals surface area contributed by atoms with Crippen LogP contribution in [0.1, 0.15) is 0 Å².